The molecule has 6 heteroatoms. The quantitative estimate of drug-likeness (QED) is 0.623. The lowest BCUT2D eigenvalue weighted by Gasteiger charge is -2.23. The molecule has 1 aliphatic carbocycles. The first kappa shape index (κ1) is 13.5. The second-order valence-electron chi connectivity index (χ2n) is 5.26. The van der Waals surface area contributed by atoms with Gasteiger partial charge in [0.1, 0.15) is 12.1 Å². The molecule has 0 amide bonds. The summed E-state index contributed by atoms with van der Waals surface area (Å²) in [4.78, 5) is 21.4. The van der Waals surface area contributed by atoms with Crippen molar-refractivity contribution in [2.75, 3.05) is 4.90 Å². The SMILES string of the molecule is Cc1cc(N(Cc2ccccc2[N+](=O)[O-])C2CC2)ncn1. The minimum absolute atomic E-state index is 0.161. The molecule has 1 heterocycles. The highest BCUT2D eigenvalue weighted by Crippen LogP contribution is 2.33. The molecule has 6 nitrogen and oxygen atoms in total. The van der Waals surface area contributed by atoms with Crippen molar-refractivity contribution >= 4 is 11.5 Å². The van der Waals surface area contributed by atoms with Crippen LogP contribution in [0.1, 0.15) is 24.1 Å². The highest BCUT2D eigenvalue weighted by molar-refractivity contribution is 5.47. The van der Waals surface area contributed by atoms with Gasteiger partial charge in [-0.25, -0.2) is 9.97 Å². The second-order valence-corrected chi connectivity index (χ2v) is 5.26. The summed E-state index contributed by atoms with van der Waals surface area (Å²) in [6.07, 6.45) is 3.74. The molecule has 0 unspecified atom stereocenters. The number of hydrogen-bond acceptors (Lipinski definition) is 5. The Labute approximate surface area is 122 Å². The van der Waals surface area contributed by atoms with E-state index in [0.717, 1.165) is 24.4 Å². The van der Waals surface area contributed by atoms with Gasteiger partial charge in [0.05, 0.1) is 11.5 Å². The molecule has 0 radical (unpaired) electrons. The van der Waals surface area contributed by atoms with Gasteiger partial charge >= 0.3 is 0 Å². The van der Waals surface area contributed by atoms with Gasteiger partial charge in [0.25, 0.3) is 5.69 Å². The third-order valence-electron chi connectivity index (χ3n) is 3.60. The fraction of sp³-hybridized carbons (Fsp3) is 0.333. The van der Waals surface area contributed by atoms with Crippen molar-refractivity contribution in [1.82, 2.24) is 9.97 Å². The van der Waals surface area contributed by atoms with Crippen LogP contribution in [0.25, 0.3) is 0 Å². The van der Waals surface area contributed by atoms with Gasteiger partial charge in [-0.3, -0.25) is 10.1 Å². The lowest BCUT2D eigenvalue weighted by molar-refractivity contribution is -0.385. The largest absolute Gasteiger partial charge is 0.349 e. The van der Waals surface area contributed by atoms with Crippen molar-refractivity contribution in [3.63, 3.8) is 0 Å². The Bertz CT molecular complexity index is 670. The average Bonchev–Trinajstić information content (AvgIpc) is 3.29. The van der Waals surface area contributed by atoms with Gasteiger partial charge < -0.3 is 4.90 Å². The van der Waals surface area contributed by atoms with Gasteiger partial charge in [-0.15, -0.1) is 0 Å². The minimum Gasteiger partial charge on any atom is -0.349 e. The van der Waals surface area contributed by atoms with Gasteiger partial charge in [0, 0.05) is 29.4 Å². The molecule has 0 bridgehead atoms. The number of nitro benzene ring substituents is 1. The third-order valence-corrected chi connectivity index (χ3v) is 3.60. The van der Waals surface area contributed by atoms with Crippen molar-refractivity contribution in [1.29, 1.82) is 0 Å². The number of hydrogen-bond donors (Lipinski definition) is 0. The zero-order valence-corrected chi connectivity index (χ0v) is 11.8. The van der Waals surface area contributed by atoms with Crippen molar-refractivity contribution in [3.05, 3.63) is 58.0 Å². The summed E-state index contributed by atoms with van der Waals surface area (Å²) in [5.74, 6) is 0.836. The van der Waals surface area contributed by atoms with E-state index < -0.39 is 0 Å². The Hall–Kier alpha value is -2.50. The van der Waals surface area contributed by atoms with E-state index in [4.69, 9.17) is 0 Å². The first-order valence-electron chi connectivity index (χ1n) is 6.93. The molecule has 0 N–H and O–H groups in total. The number of aromatic nitrogens is 2. The second kappa shape index (κ2) is 5.47. The van der Waals surface area contributed by atoms with Gasteiger partial charge in [-0.05, 0) is 19.8 Å². The Kier molecular flexibility index (Phi) is 3.51. The van der Waals surface area contributed by atoms with Crippen molar-refractivity contribution in [3.8, 4) is 0 Å². The van der Waals surface area contributed by atoms with Gasteiger partial charge in [0.2, 0.25) is 0 Å². The smallest absolute Gasteiger partial charge is 0.274 e. The van der Waals surface area contributed by atoms with E-state index in [1.54, 1.807) is 18.5 Å². The van der Waals surface area contributed by atoms with Crippen LogP contribution in [-0.4, -0.2) is 20.9 Å². The van der Waals surface area contributed by atoms with Crippen molar-refractivity contribution < 1.29 is 4.92 Å². The maximum Gasteiger partial charge on any atom is 0.274 e. The maximum absolute atomic E-state index is 11.1. The molecular weight excluding hydrogens is 268 g/mol. The van der Waals surface area contributed by atoms with Crippen LogP contribution < -0.4 is 4.90 Å². The van der Waals surface area contributed by atoms with Crippen molar-refractivity contribution in [2.45, 2.75) is 32.4 Å². The molecule has 0 saturated heterocycles. The first-order chi connectivity index (χ1) is 10.1. The lowest BCUT2D eigenvalue weighted by atomic mass is 10.1. The fourth-order valence-electron chi connectivity index (χ4n) is 2.39. The van der Waals surface area contributed by atoms with E-state index in [9.17, 15) is 10.1 Å². The molecule has 2 aromatic rings. The van der Waals surface area contributed by atoms with Crippen LogP contribution in [0.5, 0.6) is 0 Å². The van der Waals surface area contributed by atoms with E-state index >= 15 is 0 Å². The number of anilines is 1. The minimum atomic E-state index is -0.328. The van der Waals surface area contributed by atoms with E-state index in [1.807, 2.05) is 25.1 Å². The summed E-state index contributed by atoms with van der Waals surface area (Å²) >= 11 is 0. The van der Waals surface area contributed by atoms with Gasteiger partial charge in [-0.2, -0.15) is 0 Å². The van der Waals surface area contributed by atoms with E-state index in [-0.39, 0.29) is 10.6 Å². The van der Waals surface area contributed by atoms with Gasteiger partial charge in [-0.1, -0.05) is 18.2 Å². The summed E-state index contributed by atoms with van der Waals surface area (Å²) in [7, 11) is 0. The topological polar surface area (TPSA) is 72.2 Å². The number of rotatable bonds is 5. The van der Waals surface area contributed by atoms with Crippen LogP contribution in [0.4, 0.5) is 11.5 Å². The van der Waals surface area contributed by atoms with E-state index in [1.165, 1.54) is 0 Å². The highest BCUT2D eigenvalue weighted by atomic mass is 16.6. The molecule has 1 aromatic carbocycles. The summed E-state index contributed by atoms with van der Waals surface area (Å²) in [6.45, 7) is 2.42. The molecule has 0 aliphatic heterocycles. The number of para-hydroxylation sites is 1. The van der Waals surface area contributed by atoms with Crippen LogP contribution in [0.2, 0.25) is 0 Å². The molecule has 1 saturated carbocycles. The molecule has 0 spiro atoms. The van der Waals surface area contributed by atoms with Crippen LogP contribution in [0.15, 0.2) is 36.7 Å². The molecule has 3 rings (SSSR count). The first-order valence-corrected chi connectivity index (χ1v) is 6.93. The summed E-state index contributed by atoms with van der Waals surface area (Å²) in [6, 6.07) is 9.22. The Morgan fingerprint density at radius 1 is 1.33 bits per heavy atom. The molecule has 1 aliphatic rings. The number of nitro groups is 1. The predicted octanol–water partition coefficient (Wildman–Crippen LogP) is 2.86. The summed E-state index contributed by atoms with van der Waals surface area (Å²) < 4.78 is 0. The average molecular weight is 284 g/mol. The Balaban J connectivity index is 1.92. The Morgan fingerprint density at radius 2 is 2.10 bits per heavy atom. The molecule has 108 valence electrons. The van der Waals surface area contributed by atoms with Crippen LogP contribution >= 0.6 is 0 Å². The zero-order chi connectivity index (χ0) is 14.8. The molecule has 0 atom stereocenters. The maximum atomic E-state index is 11.1. The van der Waals surface area contributed by atoms with Crippen LogP contribution in [-0.2, 0) is 6.54 Å². The number of benzene rings is 1. The Morgan fingerprint density at radius 3 is 2.76 bits per heavy atom. The van der Waals surface area contributed by atoms with E-state index in [0.29, 0.717) is 18.2 Å². The molecule has 1 fully saturated rings. The highest BCUT2D eigenvalue weighted by Gasteiger charge is 2.31. The van der Waals surface area contributed by atoms with Crippen LogP contribution in [0, 0.1) is 17.0 Å². The standard InChI is InChI=1S/C15H16N4O2/c1-11-8-15(17-10-16-11)18(13-6-7-13)9-12-4-2-3-5-14(12)19(20)21/h2-5,8,10,13H,6-7,9H2,1H3. The predicted molar refractivity (Wildman–Crippen MR) is 79.1 cm³/mol. The fourth-order valence-corrected chi connectivity index (χ4v) is 2.39. The number of nitrogens with zero attached hydrogens (tertiary/aromatic N) is 4. The molecule has 1 aromatic heterocycles. The van der Waals surface area contributed by atoms with Crippen LogP contribution in [0.3, 0.4) is 0 Å². The normalized spacial score (nSPS) is 14.0. The number of aryl methyl sites for hydroxylation is 1. The lowest BCUT2D eigenvalue weighted by Crippen LogP contribution is -2.26. The molecule has 21 heavy (non-hydrogen) atoms. The molecular formula is C15H16N4O2. The zero-order valence-electron chi connectivity index (χ0n) is 11.8. The summed E-state index contributed by atoms with van der Waals surface area (Å²) in [5, 5.41) is 11.1. The van der Waals surface area contributed by atoms with E-state index in [2.05, 4.69) is 14.9 Å². The summed E-state index contributed by atoms with van der Waals surface area (Å²) in [5.41, 5.74) is 1.77. The van der Waals surface area contributed by atoms with Crippen molar-refractivity contribution in [2.24, 2.45) is 0 Å². The van der Waals surface area contributed by atoms with Gasteiger partial charge in [0.15, 0.2) is 0 Å². The third kappa shape index (κ3) is 2.99. The monoisotopic (exact) mass is 284 g/mol.